The quantitative estimate of drug-likeness (QED) is 0.412. The molecule has 0 aromatic heterocycles. The van der Waals surface area contributed by atoms with Gasteiger partial charge in [-0.25, -0.2) is 0 Å². The van der Waals surface area contributed by atoms with Crippen molar-refractivity contribution in [2.45, 2.75) is 118 Å². The zero-order chi connectivity index (χ0) is 18.5. The highest BCUT2D eigenvalue weighted by Gasteiger charge is 2.34. The SMILES string of the molecule is CC1CCC(C)CC1.CC1CCC(C2CCCC3=C2CCCC3C)CC1. The summed E-state index contributed by atoms with van der Waals surface area (Å²) in [5.74, 6) is 6.01. The predicted octanol–water partition coefficient (Wildman–Crippen LogP) is 8.56. The van der Waals surface area contributed by atoms with Crippen LogP contribution in [0.1, 0.15) is 118 Å². The lowest BCUT2D eigenvalue weighted by Gasteiger charge is -2.41. The third-order valence-corrected chi connectivity index (χ3v) is 8.43. The Bertz CT molecular complexity index is 433. The van der Waals surface area contributed by atoms with Gasteiger partial charge in [-0.15, -0.1) is 0 Å². The Labute approximate surface area is 164 Å². The van der Waals surface area contributed by atoms with Gasteiger partial charge in [0.15, 0.2) is 0 Å². The highest BCUT2D eigenvalue weighted by Crippen LogP contribution is 2.48. The molecule has 0 spiro atoms. The fourth-order valence-electron chi connectivity index (χ4n) is 6.40. The molecule has 2 atom stereocenters. The summed E-state index contributed by atoms with van der Waals surface area (Å²) >= 11 is 0. The van der Waals surface area contributed by atoms with E-state index in [1.54, 1.807) is 0 Å². The van der Waals surface area contributed by atoms with Crippen molar-refractivity contribution in [3.8, 4) is 0 Å². The summed E-state index contributed by atoms with van der Waals surface area (Å²) in [6, 6.07) is 0. The number of hydrogen-bond acceptors (Lipinski definition) is 0. The minimum Gasteiger partial charge on any atom is -0.0679 e. The molecule has 150 valence electrons. The summed E-state index contributed by atoms with van der Waals surface area (Å²) in [6.45, 7) is 9.67. The van der Waals surface area contributed by atoms with Crippen LogP contribution in [0.15, 0.2) is 11.1 Å². The van der Waals surface area contributed by atoms with Crippen LogP contribution in [0.25, 0.3) is 0 Å². The molecule has 0 heterocycles. The van der Waals surface area contributed by atoms with Gasteiger partial charge in [-0.3, -0.25) is 0 Å². The molecule has 0 aliphatic heterocycles. The molecule has 4 aliphatic carbocycles. The third kappa shape index (κ3) is 5.39. The summed E-state index contributed by atoms with van der Waals surface area (Å²) in [4.78, 5) is 0. The molecule has 26 heavy (non-hydrogen) atoms. The van der Waals surface area contributed by atoms with Crippen molar-refractivity contribution in [3.05, 3.63) is 11.1 Å². The van der Waals surface area contributed by atoms with Crippen LogP contribution in [0.5, 0.6) is 0 Å². The van der Waals surface area contributed by atoms with E-state index in [4.69, 9.17) is 0 Å². The summed E-state index contributed by atoms with van der Waals surface area (Å²) in [5.41, 5.74) is 3.87. The van der Waals surface area contributed by atoms with Gasteiger partial charge >= 0.3 is 0 Å². The first-order valence-corrected chi connectivity index (χ1v) is 12.3. The van der Waals surface area contributed by atoms with Crippen LogP contribution in [-0.2, 0) is 0 Å². The summed E-state index contributed by atoms with van der Waals surface area (Å²) in [7, 11) is 0. The van der Waals surface area contributed by atoms with E-state index in [2.05, 4.69) is 27.7 Å². The fourth-order valence-corrected chi connectivity index (χ4v) is 6.40. The minimum atomic E-state index is 0.916. The molecule has 0 aromatic rings. The second-order valence-electron chi connectivity index (χ2n) is 10.7. The zero-order valence-corrected chi connectivity index (χ0v) is 18.4. The summed E-state index contributed by atoms with van der Waals surface area (Å²) < 4.78 is 0. The lowest BCUT2D eigenvalue weighted by atomic mass is 9.65. The molecule has 0 radical (unpaired) electrons. The highest BCUT2D eigenvalue weighted by molar-refractivity contribution is 5.25. The van der Waals surface area contributed by atoms with Gasteiger partial charge in [0.2, 0.25) is 0 Å². The normalized spacial score (nSPS) is 41.1. The van der Waals surface area contributed by atoms with Crippen LogP contribution >= 0.6 is 0 Å². The van der Waals surface area contributed by atoms with E-state index in [1.807, 2.05) is 11.1 Å². The van der Waals surface area contributed by atoms with Crippen LogP contribution in [0.2, 0.25) is 0 Å². The van der Waals surface area contributed by atoms with E-state index >= 15 is 0 Å². The van der Waals surface area contributed by atoms with Gasteiger partial charge in [0.1, 0.15) is 0 Å². The Balaban J connectivity index is 0.000000206. The van der Waals surface area contributed by atoms with Gasteiger partial charge < -0.3 is 0 Å². The van der Waals surface area contributed by atoms with Gasteiger partial charge in [-0.1, -0.05) is 77.4 Å². The molecule has 0 saturated heterocycles. The number of allylic oxidation sites excluding steroid dienone is 2. The van der Waals surface area contributed by atoms with Crippen molar-refractivity contribution in [2.24, 2.45) is 35.5 Å². The first kappa shape index (κ1) is 20.5. The maximum Gasteiger partial charge on any atom is -0.0172 e. The van der Waals surface area contributed by atoms with E-state index in [9.17, 15) is 0 Å². The van der Waals surface area contributed by atoms with E-state index in [1.165, 1.54) is 89.9 Å². The van der Waals surface area contributed by atoms with E-state index in [0.717, 1.165) is 35.5 Å². The maximum absolute atomic E-state index is 2.49. The zero-order valence-electron chi connectivity index (χ0n) is 18.4. The van der Waals surface area contributed by atoms with Gasteiger partial charge in [-0.05, 0) is 86.9 Å². The Hall–Kier alpha value is -0.260. The van der Waals surface area contributed by atoms with Gasteiger partial charge in [0, 0.05) is 0 Å². The average Bonchev–Trinajstić information content (AvgIpc) is 2.65. The predicted molar refractivity (Wildman–Crippen MR) is 115 cm³/mol. The largest absolute Gasteiger partial charge is 0.0679 e. The Morgan fingerprint density at radius 1 is 0.500 bits per heavy atom. The summed E-state index contributed by atoms with van der Waals surface area (Å²) in [5, 5.41) is 0. The molecule has 0 N–H and O–H groups in total. The molecule has 0 aromatic carbocycles. The molecule has 0 nitrogen and oxygen atoms in total. The second kappa shape index (κ2) is 9.79. The molecule has 2 saturated carbocycles. The van der Waals surface area contributed by atoms with Gasteiger partial charge in [-0.2, -0.15) is 0 Å². The topological polar surface area (TPSA) is 0 Å². The lowest BCUT2D eigenvalue weighted by molar-refractivity contribution is 0.207. The molecule has 4 rings (SSSR count). The molecular weight excluding hydrogens is 312 g/mol. The molecule has 0 heteroatoms. The van der Waals surface area contributed by atoms with Crippen LogP contribution in [0.4, 0.5) is 0 Å². The third-order valence-electron chi connectivity index (χ3n) is 8.43. The van der Waals surface area contributed by atoms with E-state index in [-0.39, 0.29) is 0 Å². The smallest absolute Gasteiger partial charge is 0.0172 e. The van der Waals surface area contributed by atoms with E-state index < -0.39 is 0 Å². The van der Waals surface area contributed by atoms with Crippen LogP contribution in [0.3, 0.4) is 0 Å². The lowest BCUT2D eigenvalue weighted by Crippen LogP contribution is -2.28. The highest BCUT2D eigenvalue weighted by atomic mass is 14.4. The Kier molecular flexibility index (Phi) is 7.71. The number of rotatable bonds is 1. The van der Waals surface area contributed by atoms with Crippen molar-refractivity contribution in [2.75, 3.05) is 0 Å². The summed E-state index contributed by atoms with van der Waals surface area (Å²) in [6.07, 6.45) is 20.8. The number of hydrogen-bond donors (Lipinski definition) is 0. The monoisotopic (exact) mass is 358 g/mol. The van der Waals surface area contributed by atoms with Gasteiger partial charge in [0.05, 0.1) is 0 Å². The second-order valence-corrected chi connectivity index (χ2v) is 10.7. The standard InChI is InChI=1S/C18H30.C8H16/c1-13-9-11-15(12-10-13)17-7-4-6-16-14(2)5-3-8-18(16)17;1-7-3-5-8(2)6-4-7/h13-15,17H,3-12H2,1-2H3;7-8H,3-6H2,1-2H3. The van der Waals surface area contributed by atoms with Crippen LogP contribution in [-0.4, -0.2) is 0 Å². The molecule has 0 amide bonds. The van der Waals surface area contributed by atoms with Crippen LogP contribution < -0.4 is 0 Å². The Morgan fingerprint density at radius 3 is 1.54 bits per heavy atom. The van der Waals surface area contributed by atoms with Gasteiger partial charge in [0.25, 0.3) is 0 Å². The maximum atomic E-state index is 2.49. The molecule has 0 bridgehead atoms. The first-order valence-electron chi connectivity index (χ1n) is 12.3. The Morgan fingerprint density at radius 2 is 0.962 bits per heavy atom. The van der Waals surface area contributed by atoms with Crippen LogP contribution in [0, 0.1) is 35.5 Å². The van der Waals surface area contributed by atoms with Crippen molar-refractivity contribution < 1.29 is 0 Å². The molecular formula is C26H46. The fraction of sp³-hybridized carbons (Fsp3) is 0.923. The average molecular weight is 359 g/mol. The minimum absolute atomic E-state index is 0.916. The first-order chi connectivity index (χ1) is 12.5. The van der Waals surface area contributed by atoms with Crippen molar-refractivity contribution >= 4 is 0 Å². The van der Waals surface area contributed by atoms with E-state index in [0.29, 0.717) is 0 Å². The van der Waals surface area contributed by atoms with Crippen molar-refractivity contribution in [1.82, 2.24) is 0 Å². The molecule has 4 aliphatic rings. The van der Waals surface area contributed by atoms with Crippen molar-refractivity contribution in [3.63, 3.8) is 0 Å². The van der Waals surface area contributed by atoms with Crippen molar-refractivity contribution in [1.29, 1.82) is 0 Å². The molecule has 2 unspecified atom stereocenters. The molecule has 2 fully saturated rings.